The Balaban J connectivity index is 2.75. The normalized spacial score (nSPS) is 14.8. The highest BCUT2D eigenvalue weighted by atomic mass is 79.9. The molecule has 0 fully saturated rings. The Morgan fingerprint density at radius 1 is 1.44 bits per heavy atom. The first kappa shape index (κ1) is 14.0. The van der Waals surface area contributed by atoms with Gasteiger partial charge in [-0.3, -0.25) is 0 Å². The second-order valence-corrected chi connectivity index (χ2v) is 6.25. The number of nitrogens with two attached hydrogens (primary N) is 1. The Morgan fingerprint density at radius 3 is 2.62 bits per heavy atom. The third kappa shape index (κ3) is 4.09. The Bertz CT molecular complexity index is 344. The van der Waals surface area contributed by atoms with E-state index in [0.717, 1.165) is 16.5 Å². The van der Waals surface area contributed by atoms with Gasteiger partial charge < -0.3 is 10.8 Å². The standard InChI is InChI=1S/C12H18BrNOS/c1-8(5-6-15)16-12-4-3-10(9(2)14)7-11(12)13/h3-4,7-9,15H,5-6,14H2,1-2H3/t8?,9-/m0/s1. The van der Waals surface area contributed by atoms with Crippen LogP contribution >= 0.6 is 27.7 Å². The van der Waals surface area contributed by atoms with E-state index in [1.54, 1.807) is 11.8 Å². The molecule has 2 atom stereocenters. The molecular formula is C12H18BrNOS. The molecule has 0 aliphatic carbocycles. The van der Waals surface area contributed by atoms with Crippen molar-refractivity contribution in [3.8, 4) is 0 Å². The maximum Gasteiger partial charge on any atom is 0.0441 e. The average molecular weight is 304 g/mol. The van der Waals surface area contributed by atoms with Crippen molar-refractivity contribution in [2.45, 2.75) is 36.5 Å². The highest BCUT2D eigenvalue weighted by Crippen LogP contribution is 2.33. The predicted molar refractivity (Wildman–Crippen MR) is 73.8 cm³/mol. The third-order valence-corrected chi connectivity index (χ3v) is 4.51. The summed E-state index contributed by atoms with van der Waals surface area (Å²) in [6, 6.07) is 6.27. The van der Waals surface area contributed by atoms with Gasteiger partial charge in [0.25, 0.3) is 0 Å². The monoisotopic (exact) mass is 303 g/mol. The zero-order valence-electron chi connectivity index (χ0n) is 9.61. The molecule has 1 aromatic carbocycles. The molecular weight excluding hydrogens is 286 g/mol. The molecule has 0 saturated carbocycles. The molecule has 0 bridgehead atoms. The van der Waals surface area contributed by atoms with Crippen LogP contribution in [0.25, 0.3) is 0 Å². The fourth-order valence-corrected chi connectivity index (χ4v) is 3.01. The predicted octanol–water partition coefficient (Wildman–Crippen LogP) is 3.33. The van der Waals surface area contributed by atoms with Crippen molar-refractivity contribution in [1.29, 1.82) is 0 Å². The molecule has 1 rings (SSSR count). The molecule has 4 heteroatoms. The lowest BCUT2D eigenvalue weighted by atomic mass is 10.1. The number of aliphatic hydroxyl groups is 1. The van der Waals surface area contributed by atoms with Crippen LogP contribution in [0.5, 0.6) is 0 Å². The molecule has 0 radical (unpaired) electrons. The van der Waals surface area contributed by atoms with E-state index in [1.807, 2.05) is 6.92 Å². The van der Waals surface area contributed by atoms with Crippen LogP contribution in [0, 0.1) is 0 Å². The minimum Gasteiger partial charge on any atom is -0.396 e. The molecule has 0 saturated heterocycles. The van der Waals surface area contributed by atoms with Gasteiger partial charge in [0, 0.05) is 27.3 Å². The van der Waals surface area contributed by atoms with Crippen molar-refractivity contribution in [2.75, 3.05) is 6.61 Å². The van der Waals surface area contributed by atoms with Crippen LogP contribution in [0.1, 0.15) is 31.9 Å². The van der Waals surface area contributed by atoms with Gasteiger partial charge in [-0.05, 0) is 47.0 Å². The second kappa shape index (κ2) is 6.64. The molecule has 0 amide bonds. The molecule has 0 aliphatic rings. The summed E-state index contributed by atoms with van der Waals surface area (Å²) in [6.45, 7) is 4.33. The summed E-state index contributed by atoms with van der Waals surface area (Å²) < 4.78 is 1.08. The summed E-state index contributed by atoms with van der Waals surface area (Å²) in [4.78, 5) is 1.20. The Hall–Kier alpha value is -0.0300. The average Bonchev–Trinajstić information content (AvgIpc) is 2.21. The summed E-state index contributed by atoms with van der Waals surface area (Å²) in [5.74, 6) is 0. The zero-order valence-corrected chi connectivity index (χ0v) is 12.0. The first-order valence-electron chi connectivity index (χ1n) is 5.37. The van der Waals surface area contributed by atoms with Crippen LogP contribution in [0.3, 0.4) is 0 Å². The lowest BCUT2D eigenvalue weighted by Crippen LogP contribution is -2.05. The molecule has 0 spiro atoms. The SMILES string of the molecule is CC(CCO)Sc1ccc([C@H](C)N)cc1Br. The Morgan fingerprint density at radius 2 is 2.12 bits per heavy atom. The summed E-state index contributed by atoms with van der Waals surface area (Å²) in [5.41, 5.74) is 6.95. The van der Waals surface area contributed by atoms with Gasteiger partial charge >= 0.3 is 0 Å². The minimum absolute atomic E-state index is 0.0604. The maximum atomic E-state index is 8.86. The molecule has 2 nitrogen and oxygen atoms in total. The van der Waals surface area contributed by atoms with Gasteiger partial charge in [-0.25, -0.2) is 0 Å². The first-order chi connectivity index (χ1) is 7.54. The molecule has 90 valence electrons. The lowest BCUT2D eigenvalue weighted by molar-refractivity contribution is 0.289. The molecule has 1 unspecified atom stereocenters. The molecule has 1 aromatic rings. The van der Waals surface area contributed by atoms with Crippen LogP contribution in [-0.4, -0.2) is 17.0 Å². The quantitative estimate of drug-likeness (QED) is 0.820. The number of halogens is 1. The highest BCUT2D eigenvalue weighted by Gasteiger charge is 2.08. The molecule has 0 aliphatic heterocycles. The van der Waals surface area contributed by atoms with E-state index in [9.17, 15) is 0 Å². The smallest absolute Gasteiger partial charge is 0.0441 e. The van der Waals surface area contributed by atoms with E-state index in [0.29, 0.717) is 5.25 Å². The van der Waals surface area contributed by atoms with Crippen molar-refractivity contribution in [2.24, 2.45) is 5.73 Å². The van der Waals surface area contributed by atoms with Gasteiger partial charge in [0.2, 0.25) is 0 Å². The van der Waals surface area contributed by atoms with Crippen molar-refractivity contribution >= 4 is 27.7 Å². The minimum atomic E-state index is 0.0604. The summed E-state index contributed by atoms with van der Waals surface area (Å²) in [7, 11) is 0. The number of thioether (sulfide) groups is 1. The molecule has 16 heavy (non-hydrogen) atoms. The van der Waals surface area contributed by atoms with Crippen LogP contribution in [0.15, 0.2) is 27.6 Å². The van der Waals surface area contributed by atoms with Crippen molar-refractivity contribution in [3.05, 3.63) is 28.2 Å². The summed E-state index contributed by atoms with van der Waals surface area (Å²) in [6.07, 6.45) is 0.812. The third-order valence-electron chi connectivity index (χ3n) is 2.35. The van der Waals surface area contributed by atoms with Crippen molar-refractivity contribution in [1.82, 2.24) is 0 Å². The van der Waals surface area contributed by atoms with Gasteiger partial charge in [0.1, 0.15) is 0 Å². The van der Waals surface area contributed by atoms with Gasteiger partial charge in [-0.15, -0.1) is 11.8 Å². The van der Waals surface area contributed by atoms with Gasteiger partial charge in [-0.1, -0.05) is 13.0 Å². The zero-order chi connectivity index (χ0) is 12.1. The number of rotatable bonds is 5. The van der Waals surface area contributed by atoms with E-state index in [2.05, 4.69) is 41.1 Å². The highest BCUT2D eigenvalue weighted by molar-refractivity contribution is 9.10. The topological polar surface area (TPSA) is 46.2 Å². The van der Waals surface area contributed by atoms with Gasteiger partial charge in [-0.2, -0.15) is 0 Å². The van der Waals surface area contributed by atoms with E-state index >= 15 is 0 Å². The van der Waals surface area contributed by atoms with Gasteiger partial charge in [0.15, 0.2) is 0 Å². The first-order valence-corrected chi connectivity index (χ1v) is 7.04. The molecule has 3 N–H and O–H groups in total. The second-order valence-electron chi connectivity index (χ2n) is 3.92. The molecule has 0 heterocycles. The number of hydrogen-bond acceptors (Lipinski definition) is 3. The largest absolute Gasteiger partial charge is 0.396 e. The van der Waals surface area contributed by atoms with E-state index in [1.165, 1.54) is 4.90 Å². The van der Waals surface area contributed by atoms with Crippen molar-refractivity contribution in [3.63, 3.8) is 0 Å². The van der Waals surface area contributed by atoms with Crippen LogP contribution in [0.4, 0.5) is 0 Å². The number of benzene rings is 1. The van der Waals surface area contributed by atoms with Crippen molar-refractivity contribution < 1.29 is 5.11 Å². The van der Waals surface area contributed by atoms with E-state index in [-0.39, 0.29) is 12.6 Å². The van der Waals surface area contributed by atoms with Crippen LogP contribution in [-0.2, 0) is 0 Å². The molecule has 0 aromatic heterocycles. The van der Waals surface area contributed by atoms with E-state index < -0.39 is 0 Å². The number of aliphatic hydroxyl groups excluding tert-OH is 1. The van der Waals surface area contributed by atoms with E-state index in [4.69, 9.17) is 10.8 Å². The summed E-state index contributed by atoms with van der Waals surface area (Å²) >= 11 is 5.32. The maximum absolute atomic E-state index is 8.86. The number of hydrogen-bond donors (Lipinski definition) is 2. The van der Waals surface area contributed by atoms with Crippen LogP contribution in [0.2, 0.25) is 0 Å². The fraction of sp³-hybridized carbons (Fsp3) is 0.500. The Kier molecular flexibility index (Phi) is 5.83. The Labute approximate surface area is 110 Å². The fourth-order valence-electron chi connectivity index (χ4n) is 1.35. The summed E-state index contributed by atoms with van der Waals surface area (Å²) in [5, 5.41) is 9.28. The van der Waals surface area contributed by atoms with Gasteiger partial charge in [0.05, 0.1) is 0 Å². The van der Waals surface area contributed by atoms with Crippen LogP contribution < -0.4 is 5.73 Å². The lowest BCUT2D eigenvalue weighted by Gasteiger charge is -2.13.